The first-order chi connectivity index (χ1) is 14.5. The van der Waals surface area contributed by atoms with E-state index in [-0.39, 0.29) is 0 Å². The van der Waals surface area contributed by atoms with E-state index in [4.69, 9.17) is 4.98 Å². The van der Waals surface area contributed by atoms with Crippen LogP contribution in [0.1, 0.15) is 17.4 Å². The first-order valence-corrected chi connectivity index (χ1v) is 12.2. The highest BCUT2D eigenvalue weighted by Crippen LogP contribution is 2.34. The van der Waals surface area contributed by atoms with Gasteiger partial charge in [0.2, 0.25) is 16.0 Å². The molecule has 1 fully saturated rings. The normalized spacial score (nSPS) is 16.0. The number of rotatable bonds is 4. The molecule has 0 aliphatic carbocycles. The predicted molar refractivity (Wildman–Crippen MR) is 118 cm³/mol. The van der Waals surface area contributed by atoms with Crippen molar-refractivity contribution in [2.45, 2.75) is 25.2 Å². The van der Waals surface area contributed by atoms with Gasteiger partial charge in [-0.05, 0) is 31.0 Å². The monoisotopic (exact) mass is 442 g/mol. The quantitative estimate of drug-likeness (QED) is 0.483. The average molecular weight is 443 g/mol. The summed E-state index contributed by atoms with van der Waals surface area (Å²) in [6.45, 7) is 6.15. The number of hydrogen-bond acceptors (Lipinski definition) is 7. The third-order valence-electron chi connectivity index (χ3n) is 5.61. The van der Waals surface area contributed by atoms with Crippen LogP contribution in [0.25, 0.3) is 15.9 Å². The summed E-state index contributed by atoms with van der Waals surface area (Å²) in [7, 11) is -3.49. The Kier molecular flexibility index (Phi) is 4.72. The van der Waals surface area contributed by atoms with E-state index in [9.17, 15) is 8.42 Å². The second kappa shape index (κ2) is 7.29. The standard InChI is InChI=1S/C20H22N6O2S2/c1-3-16-14(2)17-18-21-13-22-26(18)20(23-19(17)29-16)24-9-11-25(12-10-24)30(27,28)15-7-5-4-6-8-15/h4-8,13H,3,9-12H2,1-2H3. The summed E-state index contributed by atoms with van der Waals surface area (Å²) in [6.07, 6.45) is 2.51. The first kappa shape index (κ1) is 19.4. The maximum atomic E-state index is 12.9. The molecule has 0 radical (unpaired) electrons. The third kappa shape index (κ3) is 2.98. The van der Waals surface area contributed by atoms with Crippen LogP contribution in [0.3, 0.4) is 0 Å². The Morgan fingerprint density at radius 3 is 2.53 bits per heavy atom. The number of aryl methyl sites for hydroxylation is 2. The summed E-state index contributed by atoms with van der Waals surface area (Å²) in [5.74, 6) is 0.718. The molecule has 1 aliphatic rings. The Morgan fingerprint density at radius 1 is 1.10 bits per heavy atom. The summed E-state index contributed by atoms with van der Waals surface area (Å²) in [5.41, 5.74) is 2.02. The summed E-state index contributed by atoms with van der Waals surface area (Å²) in [5, 5.41) is 5.47. The van der Waals surface area contributed by atoms with E-state index in [1.165, 1.54) is 10.4 Å². The predicted octanol–water partition coefficient (Wildman–Crippen LogP) is 2.72. The third-order valence-corrected chi connectivity index (χ3v) is 8.86. The van der Waals surface area contributed by atoms with Crippen LogP contribution < -0.4 is 4.90 Å². The van der Waals surface area contributed by atoms with Crippen LogP contribution in [0.4, 0.5) is 5.95 Å². The summed E-state index contributed by atoms with van der Waals surface area (Å²) < 4.78 is 29.2. The van der Waals surface area contributed by atoms with Gasteiger partial charge in [-0.2, -0.15) is 13.9 Å². The molecule has 4 aromatic rings. The molecule has 0 spiro atoms. The van der Waals surface area contributed by atoms with Gasteiger partial charge in [0.05, 0.1) is 10.3 Å². The van der Waals surface area contributed by atoms with E-state index in [2.05, 4.69) is 28.8 Å². The number of benzene rings is 1. The van der Waals surface area contributed by atoms with Crippen molar-refractivity contribution < 1.29 is 8.42 Å². The van der Waals surface area contributed by atoms with Crippen LogP contribution in [0.5, 0.6) is 0 Å². The minimum Gasteiger partial charge on any atom is -0.338 e. The highest BCUT2D eigenvalue weighted by atomic mass is 32.2. The lowest BCUT2D eigenvalue weighted by Crippen LogP contribution is -2.49. The van der Waals surface area contributed by atoms with Gasteiger partial charge in [-0.3, -0.25) is 0 Å². The molecule has 0 unspecified atom stereocenters. The fourth-order valence-corrected chi connectivity index (χ4v) is 6.54. The van der Waals surface area contributed by atoms with Gasteiger partial charge >= 0.3 is 0 Å². The molecule has 1 aliphatic heterocycles. The highest BCUT2D eigenvalue weighted by Gasteiger charge is 2.30. The number of piperazine rings is 1. The van der Waals surface area contributed by atoms with Crippen molar-refractivity contribution in [3.63, 3.8) is 0 Å². The number of aromatic nitrogens is 4. The van der Waals surface area contributed by atoms with Crippen LogP contribution in [-0.4, -0.2) is 58.5 Å². The second-order valence-corrected chi connectivity index (χ2v) is 10.3. The maximum absolute atomic E-state index is 12.9. The van der Waals surface area contributed by atoms with Crippen molar-refractivity contribution >= 4 is 43.2 Å². The van der Waals surface area contributed by atoms with Crippen molar-refractivity contribution in [2.24, 2.45) is 0 Å². The van der Waals surface area contributed by atoms with Crippen molar-refractivity contribution in [1.82, 2.24) is 23.9 Å². The van der Waals surface area contributed by atoms with Crippen molar-refractivity contribution in [3.05, 3.63) is 47.1 Å². The molecule has 0 amide bonds. The van der Waals surface area contributed by atoms with Gasteiger partial charge < -0.3 is 4.90 Å². The van der Waals surface area contributed by atoms with E-state index in [0.717, 1.165) is 28.2 Å². The lowest BCUT2D eigenvalue weighted by molar-refractivity contribution is 0.382. The van der Waals surface area contributed by atoms with E-state index in [1.54, 1.807) is 50.8 Å². The van der Waals surface area contributed by atoms with Crippen LogP contribution in [0, 0.1) is 6.92 Å². The molecule has 1 saturated heterocycles. The van der Waals surface area contributed by atoms with E-state index in [0.29, 0.717) is 31.1 Å². The Balaban J connectivity index is 1.47. The number of anilines is 1. The molecular weight excluding hydrogens is 420 g/mol. The molecule has 8 nitrogen and oxygen atoms in total. The Labute approximate surface area is 178 Å². The highest BCUT2D eigenvalue weighted by molar-refractivity contribution is 7.89. The number of hydrogen-bond donors (Lipinski definition) is 0. The molecule has 10 heteroatoms. The van der Waals surface area contributed by atoms with Crippen LogP contribution in [-0.2, 0) is 16.4 Å². The molecule has 0 N–H and O–H groups in total. The zero-order chi connectivity index (χ0) is 20.9. The fraction of sp³-hybridized carbons (Fsp3) is 0.350. The van der Waals surface area contributed by atoms with Gasteiger partial charge in [-0.15, -0.1) is 11.3 Å². The summed E-state index contributed by atoms with van der Waals surface area (Å²) >= 11 is 1.70. The van der Waals surface area contributed by atoms with E-state index in [1.807, 2.05) is 6.07 Å². The van der Waals surface area contributed by atoms with Gasteiger partial charge in [0.1, 0.15) is 11.2 Å². The van der Waals surface area contributed by atoms with Gasteiger partial charge in [-0.1, -0.05) is 25.1 Å². The molecular formula is C20H22N6O2S2. The van der Waals surface area contributed by atoms with Crippen molar-refractivity contribution in [1.29, 1.82) is 0 Å². The molecule has 4 heterocycles. The molecule has 0 saturated carbocycles. The van der Waals surface area contributed by atoms with Crippen LogP contribution in [0.2, 0.25) is 0 Å². The summed E-state index contributed by atoms with van der Waals surface area (Å²) in [6, 6.07) is 8.59. The molecule has 156 valence electrons. The minimum atomic E-state index is -3.49. The van der Waals surface area contributed by atoms with Crippen LogP contribution >= 0.6 is 11.3 Å². The molecule has 0 bridgehead atoms. The zero-order valence-electron chi connectivity index (χ0n) is 16.8. The molecule has 5 rings (SSSR count). The first-order valence-electron chi connectivity index (χ1n) is 9.92. The Bertz CT molecular complexity index is 1320. The fourth-order valence-electron chi connectivity index (χ4n) is 3.99. The Hall–Kier alpha value is -2.56. The van der Waals surface area contributed by atoms with Crippen molar-refractivity contribution in [3.8, 4) is 0 Å². The molecule has 30 heavy (non-hydrogen) atoms. The minimum absolute atomic E-state index is 0.331. The van der Waals surface area contributed by atoms with Gasteiger partial charge in [0.25, 0.3) is 0 Å². The lowest BCUT2D eigenvalue weighted by Gasteiger charge is -2.34. The molecule has 1 aromatic carbocycles. The number of fused-ring (bicyclic) bond motifs is 3. The molecule has 0 atom stereocenters. The lowest BCUT2D eigenvalue weighted by atomic mass is 10.2. The topological polar surface area (TPSA) is 83.7 Å². The second-order valence-electron chi connectivity index (χ2n) is 7.30. The van der Waals surface area contributed by atoms with E-state index >= 15 is 0 Å². The average Bonchev–Trinajstić information content (AvgIpc) is 3.38. The van der Waals surface area contributed by atoms with Crippen LogP contribution in [0.15, 0.2) is 41.6 Å². The zero-order valence-corrected chi connectivity index (χ0v) is 18.4. The number of sulfonamides is 1. The Morgan fingerprint density at radius 2 is 1.83 bits per heavy atom. The largest absolute Gasteiger partial charge is 0.338 e. The smallest absolute Gasteiger partial charge is 0.243 e. The van der Waals surface area contributed by atoms with Crippen molar-refractivity contribution in [2.75, 3.05) is 31.1 Å². The molecule has 3 aromatic heterocycles. The van der Waals surface area contributed by atoms with Gasteiger partial charge in [0.15, 0.2) is 5.65 Å². The summed E-state index contributed by atoms with van der Waals surface area (Å²) in [4.78, 5) is 14.1. The number of nitrogens with zero attached hydrogens (tertiary/aromatic N) is 6. The number of thiophene rings is 1. The SMILES string of the molecule is CCc1sc2nc(N3CCN(S(=O)(=O)c4ccccc4)CC3)n3ncnc3c2c1C. The maximum Gasteiger partial charge on any atom is 0.243 e. The van der Waals surface area contributed by atoms with E-state index < -0.39 is 10.0 Å². The van der Waals surface area contributed by atoms with Gasteiger partial charge in [-0.25, -0.2) is 18.4 Å². The van der Waals surface area contributed by atoms with Gasteiger partial charge in [0, 0.05) is 31.1 Å².